The van der Waals surface area contributed by atoms with Crippen LogP contribution >= 0.6 is 11.8 Å². The van der Waals surface area contributed by atoms with Gasteiger partial charge in [-0.3, -0.25) is 4.79 Å². The van der Waals surface area contributed by atoms with Crippen LogP contribution in [-0.4, -0.2) is 27.2 Å². The summed E-state index contributed by atoms with van der Waals surface area (Å²) in [4.78, 5) is 13.3. The fraction of sp³-hybridized carbons (Fsp3) is 0.190. The molecule has 0 spiro atoms. The summed E-state index contributed by atoms with van der Waals surface area (Å²) < 4.78 is 37.6. The van der Waals surface area contributed by atoms with Crippen molar-refractivity contribution in [3.05, 3.63) is 72.7 Å². The van der Waals surface area contributed by atoms with Gasteiger partial charge in [0.05, 0.1) is 24.8 Å². The molecule has 1 aromatic heterocycles. The molecular weight excluding hydrogens is 424 g/mol. The Balaban J connectivity index is 1.51. The highest BCUT2D eigenvalue weighted by Gasteiger charge is 2.15. The molecule has 0 saturated heterocycles. The van der Waals surface area contributed by atoms with Crippen LogP contribution in [0.5, 0.6) is 5.75 Å². The van der Waals surface area contributed by atoms with Crippen LogP contribution in [0.2, 0.25) is 0 Å². The molecule has 0 aliphatic heterocycles. The number of carbonyl (C=O) groups is 1. The number of sulfonamides is 1. The molecule has 0 atom stereocenters. The van der Waals surface area contributed by atoms with Gasteiger partial charge >= 0.3 is 0 Å². The average molecular weight is 447 g/mol. The summed E-state index contributed by atoms with van der Waals surface area (Å²) in [6.45, 7) is 0.0501. The number of nitrogens with one attached hydrogen (secondary N) is 2. The van der Waals surface area contributed by atoms with Gasteiger partial charge in [-0.2, -0.15) is 0 Å². The molecule has 158 valence electrons. The van der Waals surface area contributed by atoms with Crippen molar-refractivity contribution in [2.24, 2.45) is 0 Å². The van der Waals surface area contributed by atoms with Crippen molar-refractivity contribution < 1.29 is 22.4 Å². The molecule has 0 bridgehead atoms. The van der Waals surface area contributed by atoms with E-state index in [0.717, 1.165) is 10.6 Å². The quantitative estimate of drug-likeness (QED) is 0.459. The fourth-order valence-electron chi connectivity index (χ4n) is 2.56. The molecule has 0 fully saturated rings. The second-order valence-corrected chi connectivity index (χ2v) is 9.19. The predicted octanol–water partition coefficient (Wildman–Crippen LogP) is 3.89. The van der Waals surface area contributed by atoms with E-state index in [1.54, 1.807) is 43.1 Å². The molecule has 30 heavy (non-hydrogen) atoms. The van der Waals surface area contributed by atoms with Gasteiger partial charge in [0.15, 0.2) is 0 Å². The Bertz CT molecular complexity index is 1070. The zero-order chi connectivity index (χ0) is 21.4. The summed E-state index contributed by atoms with van der Waals surface area (Å²) in [5, 5.41) is 2.75. The highest BCUT2D eigenvalue weighted by Crippen LogP contribution is 2.22. The molecule has 0 unspecified atom stereocenters. The number of hydrogen-bond donors (Lipinski definition) is 2. The number of anilines is 1. The Morgan fingerprint density at radius 1 is 1.10 bits per heavy atom. The lowest BCUT2D eigenvalue weighted by Gasteiger charge is -2.09. The van der Waals surface area contributed by atoms with Gasteiger partial charge < -0.3 is 14.5 Å². The number of amides is 1. The molecule has 3 aromatic rings. The predicted molar refractivity (Wildman–Crippen MR) is 116 cm³/mol. The van der Waals surface area contributed by atoms with Gasteiger partial charge in [-0.05, 0) is 54.6 Å². The number of furan rings is 1. The van der Waals surface area contributed by atoms with E-state index in [2.05, 4.69) is 10.0 Å². The summed E-state index contributed by atoms with van der Waals surface area (Å²) in [7, 11) is -2.12. The summed E-state index contributed by atoms with van der Waals surface area (Å²) >= 11 is 1.56. The van der Waals surface area contributed by atoms with Gasteiger partial charge in [0, 0.05) is 22.8 Å². The minimum absolute atomic E-state index is 0.0501. The van der Waals surface area contributed by atoms with Crippen molar-refractivity contribution in [2.45, 2.75) is 22.8 Å². The maximum atomic E-state index is 12.5. The highest BCUT2D eigenvalue weighted by molar-refractivity contribution is 7.99. The zero-order valence-electron chi connectivity index (χ0n) is 16.3. The normalized spacial score (nSPS) is 11.2. The third-order valence-corrected chi connectivity index (χ3v) is 6.51. The molecule has 2 N–H and O–H groups in total. The summed E-state index contributed by atoms with van der Waals surface area (Å²) in [6.07, 6.45) is 1.77. The summed E-state index contributed by atoms with van der Waals surface area (Å²) in [5.74, 6) is 1.71. The minimum atomic E-state index is -3.73. The second kappa shape index (κ2) is 10.3. The minimum Gasteiger partial charge on any atom is -0.497 e. The summed E-state index contributed by atoms with van der Waals surface area (Å²) in [6, 6.07) is 17.1. The first kappa shape index (κ1) is 21.9. The lowest BCUT2D eigenvalue weighted by atomic mass is 10.3. The number of thioether (sulfide) groups is 1. The van der Waals surface area contributed by atoms with E-state index in [9.17, 15) is 13.2 Å². The van der Waals surface area contributed by atoms with Crippen LogP contribution in [0.25, 0.3) is 0 Å². The van der Waals surface area contributed by atoms with Gasteiger partial charge in [-0.25, -0.2) is 13.1 Å². The van der Waals surface area contributed by atoms with Crippen molar-refractivity contribution in [2.75, 3.05) is 18.2 Å². The Morgan fingerprint density at radius 3 is 2.60 bits per heavy atom. The number of ether oxygens (including phenoxy) is 1. The first-order valence-electron chi connectivity index (χ1n) is 9.15. The van der Waals surface area contributed by atoms with E-state index in [-0.39, 0.29) is 17.3 Å². The molecule has 0 aliphatic carbocycles. The zero-order valence-corrected chi connectivity index (χ0v) is 18.0. The lowest BCUT2D eigenvalue weighted by Crippen LogP contribution is -2.23. The van der Waals surface area contributed by atoms with Crippen LogP contribution in [-0.2, 0) is 21.4 Å². The topological polar surface area (TPSA) is 97.6 Å². The number of hydrogen-bond acceptors (Lipinski definition) is 6. The van der Waals surface area contributed by atoms with Crippen LogP contribution in [0.1, 0.15) is 12.2 Å². The van der Waals surface area contributed by atoms with Gasteiger partial charge in [-0.15, -0.1) is 11.8 Å². The molecule has 0 radical (unpaired) electrons. The monoisotopic (exact) mass is 446 g/mol. The van der Waals surface area contributed by atoms with Gasteiger partial charge in [-0.1, -0.05) is 6.07 Å². The van der Waals surface area contributed by atoms with Gasteiger partial charge in [0.1, 0.15) is 11.5 Å². The van der Waals surface area contributed by atoms with Crippen molar-refractivity contribution in [1.29, 1.82) is 0 Å². The first-order valence-corrected chi connectivity index (χ1v) is 11.6. The Hall–Kier alpha value is -2.75. The van der Waals surface area contributed by atoms with E-state index in [1.165, 1.54) is 18.4 Å². The van der Waals surface area contributed by atoms with Crippen LogP contribution in [0.4, 0.5) is 5.69 Å². The molecule has 7 nitrogen and oxygen atoms in total. The van der Waals surface area contributed by atoms with Crippen molar-refractivity contribution in [1.82, 2.24) is 4.72 Å². The van der Waals surface area contributed by atoms with E-state index in [0.29, 0.717) is 23.6 Å². The number of benzene rings is 2. The van der Waals surface area contributed by atoms with Gasteiger partial charge in [0.25, 0.3) is 0 Å². The molecular formula is C21H22N2O5S2. The van der Waals surface area contributed by atoms with Crippen molar-refractivity contribution >= 4 is 33.4 Å². The third kappa shape index (κ3) is 6.38. The maximum Gasteiger partial charge on any atom is 0.241 e. The third-order valence-electron chi connectivity index (χ3n) is 4.10. The van der Waals surface area contributed by atoms with E-state index in [1.807, 2.05) is 24.3 Å². The number of rotatable bonds is 10. The van der Waals surface area contributed by atoms with Crippen LogP contribution < -0.4 is 14.8 Å². The van der Waals surface area contributed by atoms with Crippen molar-refractivity contribution in [3.63, 3.8) is 0 Å². The largest absolute Gasteiger partial charge is 0.497 e. The Kier molecular flexibility index (Phi) is 7.56. The van der Waals surface area contributed by atoms with Crippen LogP contribution in [0.15, 0.2) is 81.1 Å². The van der Waals surface area contributed by atoms with Crippen LogP contribution in [0.3, 0.4) is 0 Å². The average Bonchev–Trinajstić information content (AvgIpc) is 3.27. The van der Waals surface area contributed by atoms with Gasteiger partial charge in [0.2, 0.25) is 15.9 Å². The lowest BCUT2D eigenvalue weighted by molar-refractivity contribution is -0.115. The van der Waals surface area contributed by atoms with E-state index in [4.69, 9.17) is 9.15 Å². The SMILES string of the molecule is COc1ccc(SCCC(=O)Nc2cccc(S(=O)(=O)NCc3ccco3)c2)cc1. The number of carbonyl (C=O) groups excluding carboxylic acids is 1. The Labute approximate surface area is 179 Å². The molecule has 3 rings (SSSR count). The standard InChI is InChI=1S/C21H22N2O5S2/c1-27-17-7-9-19(10-8-17)29-13-11-21(24)23-16-4-2-6-20(14-16)30(25,26)22-15-18-5-3-12-28-18/h2-10,12,14,22H,11,13,15H2,1H3,(H,23,24). The highest BCUT2D eigenvalue weighted by atomic mass is 32.2. The fourth-order valence-corrected chi connectivity index (χ4v) is 4.45. The van der Waals surface area contributed by atoms with E-state index >= 15 is 0 Å². The van der Waals surface area contributed by atoms with Crippen LogP contribution in [0, 0.1) is 0 Å². The molecule has 1 amide bonds. The van der Waals surface area contributed by atoms with Crippen molar-refractivity contribution in [3.8, 4) is 5.75 Å². The molecule has 0 saturated carbocycles. The maximum absolute atomic E-state index is 12.5. The molecule has 9 heteroatoms. The van der Waals surface area contributed by atoms with E-state index < -0.39 is 10.0 Å². The molecule has 0 aliphatic rings. The first-order chi connectivity index (χ1) is 14.5. The smallest absolute Gasteiger partial charge is 0.241 e. The summed E-state index contributed by atoms with van der Waals surface area (Å²) in [5.41, 5.74) is 0.426. The molecule has 1 heterocycles. The second-order valence-electron chi connectivity index (χ2n) is 6.25. The number of methoxy groups -OCH3 is 1. The molecule has 2 aromatic carbocycles. The Morgan fingerprint density at radius 2 is 1.90 bits per heavy atom.